The number of fused-ring (bicyclic) bond motifs is 1. The van der Waals surface area contributed by atoms with E-state index in [2.05, 4.69) is 25.8 Å². The smallest absolute Gasteiger partial charge is 0.351 e. The van der Waals surface area contributed by atoms with Gasteiger partial charge in [-0.1, -0.05) is 24.4 Å². The Bertz CT molecular complexity index is 1570. The molecule has 2 fully saturated rings. The fraction of sp³-hybridized carbons (Fsp3) is 0.600. The van der Waals surface area contributed by atoms with E-state index in [9.17, 15) is 38.0 Å². The summed E-state index contributed by atoms with van der Waals surface area (Å²) >= 11 is 6.35. The fourth-order valence-corrected chi connectivity index (χ4v) is 9.44. The molecule has 0 spiro atoms. The molecule has 3 heterocycles. The van der Waals surface area contributed by atoms with Gasteiger partial charge in [-0.05, 0) is 18.9 Å². The summed E-state index contributed by atoms with van der Waals surface area (Å²) in [6, 6.07) is 3.83. The molecule has 0 amide bonds. The second kappa shape index (κ2) is 14.1. The van der Waals surface area contributed by atoms with Gasteiger partial charge in [0, 0.05) is 31.5 Å². The Kier molecular flexibility index (Phi) is 10.9. The monoisotopic (exact) mass is 678 g/mol. The van der Waals surface area contributed by atoms with Crippen molar-refractivity contribution in [2.75, 3.05) is 30.1 Å². The summed E-state index contributed by atoms with van der Waals surface area (Å²) in [6.45, 7) is 0.260. The Morgan fingerprint density at radius 2 is 1.80 bits per heavy atom. The highest BCUT2D eigenvalue weighted by atomic mass is 35.5. The van der Waals surface area contributed by atoms with Crippen molar-refractivity contribution >= 4 is 57.7 Å². The van der Waals surface area contributed by atoms with Crippen molar-refractivity contribution in [1.82, 2.24) is 9.55 Å². The van der Waals surface area contributed by atoms with Gasteiger partial charge < -0.3 is 34.3 Å². The number of nitrogens with one attached hydrogen (secondary N) is 1. The van der Waals surface area contributed by atoms with E-state index in [1.807, 2.05) is 0 Å². The fourth-order valence-electron chi connectivity index (χ4n) is 5.00. The largest absolute Gasteiger partial charge is 0.438 e. The normalized spacial score (nSPS) is 22.6. The van der Waals surface area contributed by atoms with Crippen molar-refractivity contribution in [2.24, 2.45) is 0 Å². The van der Waals surface area contributed by atoms with E-state index in [1.54, 1.807) is 6.07 Å². The highest BCUT2D eigenvalue weighted by molar-refractivity contribution is 7.97. The number of hydrogen-bond donors (Lipinski definition) is 3. The van der Waals surface area contributed by atoms with Gasteiger partial charge in [0.1, 0.15) is 35.6 Å². The van der Waals surface area contributed by atoms with Gasteiger partial charge in [-0.15, -0.1) is 0 Å². The molecule has 0 radical (unpaired) electrons. The SMILES string of the molecule is CC(=O)OCOP(=O)(CS(=O)(=O)CC1O[C@@H](n2ccc3c(NC4CCCC4)c(C#N)c(Cl)nc32)[C@H](O)[C@@H]1O)OCOC(C)=O. The maximum Gasteiger partial charge on any atom is 0.351 e. The van der Waals surface area contributed by atoms with Gasteiger partial charge in [0.25, 0.3) is 0 Å². The summed E-state index contributed by atoms with van der Waals surface area (Å²) in [5, 5.41) is 35.1. The summed E-state index contributed by atoms with van der Waals surface area (Å²) in [5.41, 5.74) is -0.417. The predicted octanol–water partition coefficient (Wildman–Crippen LogP) is 2.17. The molecule has 3 N–H and O–H groups in total. The van der Waals surface area contributed by atoms with E-state index in [4.69, 9.17) is 25.4 Å². The quantitative estimate of drug-likeness (QED) is 0.119. The molecule has 1 unspecified atom stereocenters. The lowest BCUT2D eigenvalue weighted by atomic mass is 10.1. The minimum absolute atomic E-state index is 0.0918. The minimum atomic E-state index is -4.58. The topological polar surface area (TPSA) is 226 Å². The lowest BCUT2D eigenvalue weighted by Gasteiger charge is -2.20. The molecule has 2 aliphatic rings. The molecule has 19 heteroatoms. The van der Waals surface area contributed by atoms with Crippen molar-refractivity contribution < 1.29 is 56.0 Å². The maximum absolute atomic E-state index is 13.1. The molecule has 1 aliphatic heterocycles. The van der Waals surface area contributed by atoms with Crippen molar-refractivity contribution in [2.45, 2.75) is 70.1 Å². The first-order valence-corrected chi connectivity index (χ1v) is 17.4. The summed E-state index contributed by atoms with van der Waals surface area (Å²) in [5.74, 6) is -2.54. The van der Waals surface area contributed by atoms with Crippen molar-refractivity contribution in [1.29, 1.82) is 5.26 Å². The number of sulfone groups is 1. The second-order valence-corrected chi connectivity index (χ2v) is 15.3. The number of anilines is 1. The van der Waals surface area contributed by atoms with Crippen LogP contribution < -0.4 is 5.32 Å². The molecule has 1 aliphatic carbocycles. The first-order valence-electron chi connectivity index (χ1n) is 13.5. The molecule has 16 nitrogen and oxygen atoms in total. The van der Waals surface area contributed by atoms with Crippen LogP contribution in [0.2, 0.25) is 5.15 Å². The molecule has 0 bridgehead atoms. The Morgan fingerprint density at radius 1 is 1.18 bits per heavy atom. The van der Waals surface area contributed by atoms with Crippen LogP contribution in [0.15, 0.2) is 12.3 Å². The molecule has 242 valence electrons. The van der Waals surface area contributed by atoms with Crippen LogP contribution in [0.4, 0.5) is 5.69 Å². The van der Waals surface area contributed by atoms with Gasteiger partial charge in [-0.25, -0.2) is 13.4 Å². The predicted molar refractivity (Wildman–Crippen MR) is 153 cm³/mol. The van der Waals surface area contributed by atoms with Gasteiger partial charge in [-0.2, -0.15) is 5.26 Å². The number of halogens is 1. The number of rotatable bonds is 13. The van der Waals surface area contributed by atoms with E-state index in [0.717, 1.165) is 39.5 Å². The molecular weight excluding hydrogens is 647 g/mol. The lowest BCUT2D eigenvalue weighted by molar-refractivity contribution is -0.149. The van der Waals surface area contributed by atoms with E-state index in [-0.39, 0.29) is 22.4 Å². The zero-order valence-electron chi connectivity index (χ0n) is 23.8. The minimum Gasteiger partial charge on any atom is -0.438 e. The summed E-state index contributed by atoms with van der Waals surface area (Å²) in [7, 11) is -9.01. The number of nitrogens with zero attached hydrogens (tertiary/aromatic N) is 3. The first kappa shape index (κ1) is 34.1. The number of aliphatic hydroxyl groups excluding tert-OH is 2. The average molecular weight is 679 g/mol. The second-order valence-electron chi connectivity index (χ2n) is 10.3. The van der Waals surface area contributed by atoms with Crippen LogP contribution in [0, 0.1) is 11.3 Å². The zero-order valence-corrected chi connectivity index (χ0v) is 26.2. The van der Waals surface area contributed by atoms with Crippen LogP contribution in [0.3, 0.4) is 0 Å². The number of ether oxygens (including phenoxy) is 3. The number of hydrogen-bond acceptors (Lipinski definition) is 15. The molecular formula is C25H32ClN4O12PS. The van der Waals surface area contributed by atoms with Crippen LogP contribution in [0.1, 0.15) is 51.3 Å². The maximum atomic E-state index is 13.1. The standard InChI is InChI=1S/C25H32ClN4O12PS/c1-14(31)38-11-40-43(35,41-12-39-15(2)32)13-44(36,37)10-19-21(33)22(34)25(42-19)30-8-7-17-20(28-16-5-3-4-6-16)18(9-27)23(26)29-24(17)30/h7-8,16,19,21-22,25,33-34H,3-6,10-13H2,1-2H3,(H,28,29)/t19?,21-,22-,25-/m1/s1. The van der Waals surface area contributed by atoms with Crippen molar-refractivity contribution in [3.8, 4) is 6.07 Å². The zero-order chi connectivity index (χ0) is 32.2. The molecule has 2 aromatic heterocycles. The number of esters is 2. The number of carbonyl (C=O) groups excluding carboxylic acids is 2. The number of aliphatic hydroxyl groups is 2. The van der Waals surface area contributed by atoms with Crippen LogP contribution in [-0.4, -0.2) is 89.3 Å². The van der Waals surface area contributed by atoms with Gasteiger partial charge in [0.2, 0.25) is 13.6 Å². The Labute approximate surface area is 257 Å². The van der Waals surface area contributed by atoms with Crippen LogP contribution in [0.25, 0.3) is 11.0 Å². The summed E-state index contributed by atoms with van der Waals surface area (Å²) in [6.07, 6.45) is -0.735. The Hall–Kier alpha value is -2.81. The summed E-state index contributed by atoms with van der Waals surface area (Å²) in [4.78, 5) is 26.4. The molecule has 1 saturated heterocycles. The van der Waals surface area contributed by atoms with Gasteiger partial charge in [0.05, 0.1) is 11.4 Å². The third-order valence-electron chi connectivity index (χ3n) is 7.04. The highest BCUT2D eigenvalue weighted by Gasteiger charge is 2.47. The Balaban J connectivity index is 1.54. The van der Waals surface area contributed by atoms with Crippen molar-refractivity contribution in [3.63, 3.8) is 0 Å². The summed E-state index contributed by atoms with van der Waals surface area (Å²) < 4.78 is 65.4. The molecule has 4 rings (SSSR count). The third-order valence-corrected chi connectivity index (χ3v) is 12.0. The number of aromatic nitrogens is 2. The number of nitriles is 1. The van der Waals surface area contributed by atoms with Gasteiger partial charge in [0.15, 0.2) is 26.7 Å². The van der Waals surface area contributed by atoms with Gasteiger partial charge >= 0.3 is 19.5 Å². The average Bonchev–Trinajstić information content (AvgIpc) is 3.64. The van der Waals surface area contributed by atoms with Gasteiger partial charge in [-0.3, -0.25) is 23.2 Å². The van der Waals surface area contributed by atoms with Crippen molar-refractivity contribution in [3.05, 3.63) is 23.0 Å². The van der Waals surface area contributed by atoms with Crippen LogP contribution in [-0.2, 0) is 47.2 Å². The Morgan fingerprint density at radius 3 is 2.36 bits per heavy atom. The van der Waals surface area contributed by atoms with E-state index in [1.165, 1.54) is 10.8 Å². The molecule has 4 atom stereocenters. The third kappa shape index (κ3) is 8.06. The first-order chi connectivity index (χ1) is 20.7. The molecule has 2 aromatic rings. The molecule has 1 saturated carbocycles. The number of carbonyl (C=O) groups is 2. The number of pyridine rings is 1. The lowest BCUT2D eigenvalue weighted by Crippen LogP contribution is -2.36. The van der Waals surface area contributed by atoms with E-state index < -0.39 is 78.7 Å². The highest BCUT2D eigenvalue weighted by Crippen LogP contribution is 2.50. The molecule has 44 heavy (non-hydrogen) atoms. The van der Waals surface area contributed by atoms with E-state index in [0.29, 0.717) is 11.1 Å². The van der Waals surface area contributed by atoms with E-state index >= 15 is 0 Å². The van der Waals surface area contributed by atoms with Crippen LogP contribution in [0.5, 0.6) is 0 Å². The van der Waals surface area contributed by atoms with Crippen LogP contribution >= 0.6 is 19.2 Å². The molecule has 0 aromatic carbocycles.